The maximum atomic E-state index is 4.70. The van der Waals surface area contributed by atoms with Crippen molar-refractivity contribution in [2.75, 3.05) is 0 Å². The van der Waals surface area contributed by atoms with Gasteiger partial charge in [0, 0.05) is 6.20 Å². The van der Waals surface area contributed by atoms with Gasteiger partial charge in [-0.25, -0.2) is 4.98 Å². The Bertz CT molecular complexity index is 1130. The van der Waals surface area contributed by atoms with Crippen molar-refractivity contribution in [1.29, 1.82) is 0 Å². The zero-order chi connectivity index (χ0) is 15.4. The molecule has 6 nitrogen and oxygen atoms in total. The number of nitrogens with zero attached hydrogens (tertiary/aromatic N) is 6. The van der Waals surface area contributed by atoms with Gasteiger partial charge in [0.15, 0.2) is 5.01 Å². The number of hydrogen-bond acceptors (Lipinski definition) is 6. The highest BCUT2D eigenvalue weighted by atomic mass is 32.1. The molecule has 0 N–H and O–H groups in total. The van der Waals surface area contributed by atoms with Crippen LogP contribution in [0.5, 0.6) is 0 Å². The first kappa shape index (κ1) is 12.9. The van der Waals surface area contributed by atoms with Crippen molar-refractivity contribution in [3.8, 4) is 21.4 Å². The van der Waals surface area contributed by atoms with E-state index in [0.717, 1.165) is 37.7 Å². The number of fused-ring (bicyclic) bond motifs is 2. The summed E-state index contributed by atoms with van der Waals surface area (Å²) in [6.07, 6.45) is 1.98. The molecule has 0 atom stereocenters. The molecule has 112 valence electrons. The van der Waals surface area contributed by atoms with Gasteiger partial charge in [0.1, 0.15) is 11.3 Å². The molecule has 0 unspecified atom stereocenters. The zero-order valence-corrected chi connectivity index (χ0v) is 13.7. The summed E-state index contributed by atoms with van der Waals surface area (Å²) >= 11 is 3.22. The second-order valence-electron chi connectivity index (χ2n) is 5.08. The van der Waals surface area contributed by atoms with Crippen LogP contribution in [0.1, 0.15) is 5.69 Å². The van der Waals surface area contributed by atoms with E-state index < -0.39 is 0 Å². The Morgan fingerprint density at radius 1 is 1.09 bits per heavy atom. The van der Waals surface area contributed by atoms with Gasteiger partial charge in [0.25, 0.3) is 0 Å². The highest BCUT2D eigenvalue weighted by Crippen LogP contribution is 2.31. The van der Waals surface area contributed by atoms with Crippen LogP contribution in [-0.2, 0) is 0 Å². The largest absolute Gasteiger partial charge is 0.297 e. The monoisotopic (exact) mass is 338 g/mol. The Hall–Kier alpha value is -2.58. The van der Waals surface area contributed by atoms with Gasteiger partial charge in [-0.1, -0.05) is 23.5 Å². The number of hydrogen-bond donors (Lipinski definition) is 0. The third-order valence-electron chi connectivity index (χ3n) is 3.64. The second-order valence-corrected chi connectivity index (χ2v) is 6.98. The van der Waals surface area contributed by atoms with Gasteiger partial charge in [0.05, 0.1) is 10.6 Å². The summed E-state index contributed by atoms with van der Waals surface area (Å²) < 4.78 is 3.83. The molecule has 0 spiro atoms. The average molecular weight is 338 g/mol. The summed E-state index contributed by atoms with van der Waals surface area (Å²) in [6, 6.07) is 10.0. The summed E-state index contributed by atoms with van der Waals surface area (Å²) in [5.41, 5.74) is 2.73. The molecule has 5 heterocycles. The molecule has 0 aliphatic heterocycles. The Labute approximate surface area is 138 Å². The minimum absolute atomic E-state index is 0.718. The normalized spacial score (nSPS) is 11.7. The Balaban J connectivity index is 1.78. The lowest BCUT2D eigenvalue weighted by Crippen LogP contribution is -1.96. The molecule has 0 aliphatic rings. The van der Waals surface area contributed by atoms with Crippen molar-refractivity contribution >= 4 is 33.3 Å². The fourth-order valence-electron chi connectivity index (χ4n) is 2.65. The van der Waals surface area contributed by atoms with E-state index in [1.165, 1.54) is 0 Å². The highest BCUT2D eigenvalue weighted by Gasteiger charge is 2.20. The predicted molar refractivity (Wildman–Crippen MR) is 90.9 cm³/mol. The van der Waals surface area contributed by atoms with Crippen LogP contribution in [0.4, 0.5) is 0 Å². The first-order valence-corrected chi connectivity index (χ1v) is 8.71. The molecule has 5 aromatic rings. The number of thiophene rings is 1. The molecule has 0 aliphatic carbocycles. The van der Waals surface area contributed by atoms with E-state index in [1.54, 1.807) is 22.7 Å². The van der Waals surface area contributed by atoms with Gasteiger partial charge >= 0.3 is 0 Å². The van der Waals surface area contributed by atoms with E-state index in [-0.39, 0.29) is 0 Å². The fourth-order valence-corrected chi connectivity index (χ4v) is 4.28. The lowest BCUT2D eigenvalue weighted by Gasteiger charge is -1.99. The Morgan fingerprint density at radius 2 is 2.04 bits per heavy atom. The van der Waals surface area contributed by atoms with Gasteiger partial charge in [-0.15, -0.1) is 21.5 Å². The molecule has 0 saturated heterocycles. The van der Waals surface area contributed by atoms with Crippen LogP contribution in [0.25, 0.3) is 32.0 Å². The van der Waals surface area contributed by atoms with Gasteiger partial charge in [0.2, 0.25) is 10.8 Å². The van der Waals surface area contributed by atoms with Gasteiger partial charge in [-0.05, 0) is 30.5 Å². The topological polar surface area (TPSA) is 60.4 Å². The summed E-state index contributed by atoms with van der Waals surface area (Å²) in [5, 5.41) is 16.3. The standard InChI is InChI=1S/C15H10N6S2/c1-9-12(20-7-3-2-6-11(20)16-9)13-17-18-15-21(13)19-14(23-15)10-5-4-8-22-10/h2-8H,1H3. The van der Waals surface area contributed by atoms with Crippen molar-refractivity contribution in [3.05, 3.63) is 47.6 Å². The van der Waals surface area contributed by atoms with Crippen LogP contribution < -0.4 is 0 Å². The number of aromatic nitrogens is 6. The van der Waals surface area contributed by atoms with Gasteiger partial charge < -0.3 is 0 Å². The van der Waals surface area contributed by atoms with Crippen LogP contribution in [0, 0.1) is 6.92 Å². The van der Waals surface area contributed by atoms with E-state index in [1.807, 2.05) is 51.7 Å². The molecule has 0 amide bonds. The Kier molecular flexibility index (Phi) is 2.64. The minimum Gasteiger partial charge on any atom is -0.297 e. The lowest BCUT2D eigenvalue weighted by molar-refractivity contribution is 0.955. The first-order chi connectivity index (χ1) is 11.3. The molecular formula is C15H10N6S2. The molecule has 23 heavy (non-hydrogen) atoms. The SMILES string of the molecule is Cc1nc2ccccn2c1-c1nnc2sc(-c3cccs3)nn12. The molecule has 0 aromatic carbocycles. The molecule has 5 rings (SSSR count). The van der Waals surface area contributed by atoms with Crippen molar-refractivity contribution in [1.82, 2.24) is 29.2 Å². The quantitative estimate of drug-likeness (QED) is 0.494. The highest BCUT2D eigenvalue weighted by molar-refractivity contribution is 7.23. The second kappa shape index (κ2) is 4.71. The summed E-state index contributed by atoms with van der Waals surface area (Å²) in [7, 11) is 0. The first-order valence-electron chi connectivity index (χ1n) is 7.01. The van der Waals surface area contributed by atoms with E-state index in [0.29, 0.717) is 0 Å². The summed E-state index contributed by atoms with van der Waals surface area (Å²) in [6.45, 7) is 1.98. The van der Waals surface area contributed by atoms with Crippen molar-refractivity contribution in [3.63, 3.8) is 0 Å². The van der Waals surface area contributed by atoms with E-state index in [9.17, 15) is 0 Å². The van der Waals surface area contributed by atoms with Crippen LogP contribution in [0.3, 0.4) is 0 Å². The number of aryl methyl sites for hydroxylation is 1. The van der Waals surface area contributed by atoms with Gasteiger partial charge in [-0.2, -0.15) is 9.61 Å². The van der Waals surface area contributed by atoms with Crippen LogP contribution in [0.2, 0.25) is 0 Å². The van der Waals surface area contributed by atoms with Crippen LogP contribution in [0.15, 0.2) is 41.9 Å². The fraction of sp³-hybridized carbons (Fsp3) is 0.0667. The van der Waals surface area contributed by atoms with Crippen LogP contribution in [-0.4, -0.2) is 29.2 Å². The maximum absolute atomic E-state index is 4.70. The summed E-state index contributed by atoms with van der Waals surface area (Å²) in [5.74, 6) is 0.718. The smallest absolute Gasteiger partial charge is 0.235 e. The number of pyridine rings is 1. The van der Waals surface area contributed by atoms with Crippen LogP contribution >= 0.6 is 22.7 Å². The maximum Gasteiger partial charge on any atom is 0.235 e. The predicted octanol–water partition coefficient (Wildman–Crippen LogP) is 3.54. The Morgan fingerprint density at radius 3 is 2.91 bits per heavy atom. The van der Waals surface area contributed by atoms with Crippen molar-refractivity contribution < 1.29 is 0 Å². The van der Waals surface area contributed by atoms with E-state index in [4.69, 9.17) is 5.10 Å². The lowest BCUT2D eigenvalue weighted by atomic mass is 10.3. The molecule has 0 bridgehead atoms. The van der Waals surface area contributed by atoms with Gasteiger partial charge in [-0.3, -0.25) is 4.40 Å². The molecule has 5 aromatic heterocycles. The van der Waals surface area contributed by atoms with E-state index in [2.05, 4.69) is 21.2 Å². The molecular weight excluding hydrogens is 328 g/mol. The van der Waals surface area contributed by atoms with E-state index >= 15 is 0 Å². The third-order valence-corrected chi connectivity index (χ3v) is 5.58. The molecule has 8 heteroatoms. The minimum atomic E-state index is 0.718. The summed E-state index contributed by atoms with van der Waals surface area (Å²) in [4.78, 5) is 6.52. The molecule has 0 saturated carbocycles. The number of imidazole rings is 1. The molecule has 0 radical (unpaired) electrons. The average Bonchev–Trinajstić information content (AvgIpc) is 3.29. The van der Waals surface area contributed by atoms with Crippen molar-refractivity contribution in [2.45, 2.75) is 6.92 Å². The van der Waals surface area contributed by atoms with Crippen molar-refractivity contribution in [2.24, 2.45) is 0 Å². The zero-order valence-electron chi connectivity index (χ0n) is 12.0. The molecule has 0 fully saturated rings. The third kappa shape index (κ3) is 1.85. The number of rotatable bonds is 2.